The zero-order valence-electron chi connectivity index (χ0n) is 11.8. The van der Waals surface area contributed by atoms with Crippen LogP contribution in [0.1, 0.15) is 6.92 Å². The van der Waals surface area contributed by atoms with Gasteiger partial charge in [-0.05, 0) is 6.92 Å². The Morgan fingerprint density at radius 1 is 1.15 bits per heavy atom. The first-order chi connectivity index (χ1) is 9.35. The van der Waals surface area contributed by atoms with Gasteiger partial charge in [-0.15, -0.1) is 0 Å². The predicted molar refractivity (Wildman–Crippen MR) is 69.9 cm³/mol. The molecule has 0 saturated carbocycles. The van der Waals surface area contributed by atoms with E-state index in [1.807, 2.05) is 0 Å². The molecule has 0 fully saturated rings. The molecule has 112 valence electrons. The summed E-state index contributed by atoms with van der Waals surface area (Å²) in [5.41, 5.74) is -1.99. The third kappa shape index (κ3) is 3.45. The minimum atomic E-state index is -1.99. The maximum Gasteiger partial charge on any atom is 0.339 e. The number of aliphatic hydroxyl groups is 1. The molecule has 0 aromatic heterocycles. The van der Waals surface area contributed by atoms with Crippen LogP contribution in [0.25, 0.3) is 0 Å². The Hall–Kier alpha value is -2.15. The van der Waals surface area contributed by atoms with E-state index >= 15 is 0 Å². The largest absolute Gasteiger partial charge is 0.493 e. The summed E-state index contributed by atoms with van der Waals surface area (Å²) in [5, 5.41) is 18.4. The van der Waals surface area contributed by atoms with E-state index < -0.39 is 18.2 Å². The normalized spacial score (nSPS) is 13.2. The third-order valence-corrected chi connectivity index (χ3v) is 2.62. The number of benzene rings is 1. The third-order valence-electron chi connectivity index (χ3n) is 2.62. The van der Waals surface area contributed by atoms with Gasteiger partial charge < -0.3 is 29.2 Å². The molecular formula is C13H18O7. The Labute approximate surface area is 116 Å². The van der Waals surface area contributed by atoms with E-state index in [0.29, 0.717) is 23.0 Å². The highest BCUT2D eigenvalue weighted by molar-refractivity contribution is 5.76. The molecule has 0 amide bonds. The van der Waals surface area contributed by atoms with Crippen LogP contribution < -0.4 is 18.9 Å². The topological polar surface area (TPSA) is 94.5 Å². The number of aliphatic carboxylic acids is 1. The Kier molecular flexibility index (Phi) is 5.04. The summed E-state index contributed by atoms with van der Waals surface area (Å²) in [5.74, 6) is 0.0620. The van der Waals surface area contributed by atoms with Crippen LogP contribution >= 0.6 is 0 Å². The van der Waals surface area contributed by atoms with Gasteiger partial charge in [0.05, 0.1) is 21.3 Å². The summed E-state index contributed by atoms with van der Waals surface area (Å²) < 4.78 is 20.7. The van der Waals surface area contributed by atoms with Crippen LogP contribution in [0, 0.1) is 0 Å². The number of hydrogen-bond donors (Lipinski definition) is 2. The monoisotopic (exact) mass is 286 g/mol. The summed E-state index contributed by atoms with van der Waals surface area (Å²) in [7, 11) is 4.37. The first-order valence-corrected chi connectivity index (χ1v) is 5.74. The number of carboxylic acids is 1. The second-order valence-corrected chi connectivity index (χ2v) is 4.23. The second-order valence-electron chi connectivity index (χ2n) is 4.23. The molecule has 0 aliphatic rings. The summed E-state index contributed by atoms with van der Waals surface area (Å²) in [6, 6.07) is 3.03. The standard InChI is InChI=1S/C13H18O7/c1-13(16,12(14)15)7-20-8-5-9(17-2)11(19-4)10(6-8)18-3/h5-6,16H,7H2,1-4H3,(H,14,15). The van der Waals surface area contributed by atoms with E-state index in [-0.39, 0.29) is 0 Å². The van der Waals surface area contributed by atoms with Gasteiger partial charge in [-0.3, -0.25) is 0 Å². The summed E-state index contributed by atoms with van der Waals surface area (Å²) >= 11 is 0. The maximum absolute atomic E-state index is 10.8. The van der Waals surface area contributed by atoms with Gasteiger partial charge >= 0.3 is 5.97 Å². The lowest BCUT2D eigenvalue weighted by atomic mass is 10.1. The van der Waals surface area contributed by atoms with E-state index in [2.05, 4.69) is 0 Å². The van der Waals surface area contributed by atoms with E-state index in [1.54, 1.807) is 0 Å². The molecule has 2 N–H and O–H groups in total. The molecular weight excluding hydrogens is 268 g/mol. The average molecular weight is 286 g/mol. The first-order valence-electron chi connectivity index (χ1n) is 5.74. The van der Waals surface area contributed by atoms with Crippen molar-refractivity contribution in [2.75, 3.05) is 27.9 Å². The van der Waals surface area contributed by atoms with E-state index in [4.69, 9.17) is 24.1 Å². The molecule has 1 atom stereocenters. The SMILES string of the molecule is COc1cc(OCC(C)(O)C(=O)O)cc(OC)c1OC. The second kappa shape index (κ2) is 6.33. The molecule has 0 saturated heterocycles. The van der Waals surface area contributed by atoms with Crippen LogP contribution in [0.15, 0.2) is 12.1 Å². The van der Waals surface area contributed by atoms with Gasteiger partial charge in [-0.25, -0.2) is 4.79 Å². The lowest BCUT2D eigenvalue weighted by molar-refractivity contribution is -0.159. The minimum Gasteiger partial charge on any atom is -0.493 e. The predicted octanol–water partition coefficient (Wildman–Crippen LogP) is 0.927. The molecule has 0 radical (unpaired) electrons. The van der Waals surface area contributed by atoms with Crippen molar-refractivity contribution >= 4 is 5.97 Å². The maximum atomic E-state index is 10.8. The molecule has 0 aliphatic carbocycles. The highest BCUT2D eigenvalue weighted by Gasteiger charge is 2.31. The number of ether oxygens (including phenoxy) is 4. The highest BCUT2D eigenvalue weighted by Crippen LogP contribution is 2.40. The van der Waals surface area contributed by atoms with E-state index in [0.717, 1.165) is 6.92 Å². The number of rotatable bonds is 7. The van der Waals surface area contributed by atoms with Crippen LogP contribution in [-0.2, 0) is 4.79 Å². The zero-order valence-corrected chi connectivity index (χ0v) is 11.8. The van der Waals surface area contributed by atoms with E-state index in [1.165, 1.54) is 33.5 Å². The molecule has 7 heteroatoms. The van der Waals surface area contributed by atoms with Crippen molar-refractivity contribution in [3.8, 4) is 23.0 Å². The van der Waals surface area contributed by atoms with Gasteiger partial charge in [-0.1, -0.05) is 0 Å². The molecule has 1 rings (SSSR count). The molecule has 1 unspecified atom stereocenters. The zero-order chi connectivity index (χ0) is 15.3. The molecule has 0 bridgehead atoms. The Bertz CT molecular complexity index is 457. The van der Waals surface area contributed by atoms with Crippen LogP contribution in [0.2, 0.25) is 0 Å². The van der Waals surface area contributed by atoms with Crippen LogP contribution in [0.5, 0.6) is 23.0 Å². The molecule has 0 heterocycles. The van der Waals surface area contributed by atoms with Crippen LogP contribution in [-0.4, -0.2) is 49.7 Å². The molecule has 1 aromatic rings. The van der Waals surface area contributed by atoms with Gasteiger partial charge in [-0.2, -0.15) is 0 Å². The van der Waals surface area contributed by atoms with Gasteiger partial charge in [0.2, 0.25) is 5.75 Å². The number of carboxylic acid groups (broad SMARTS) is 1. The van der Waals surface area contributed by atoms with Gasteiger partial charge in [0.25, 0.3) is 0 Å². The quantitative estimate of drug-likeness (QED) is 0.769. The van der Waals surface area contributed by atoms with E-state index in [9.17, 15) is 9.90 Å². The highest BCUT2D eigenvalue weighted by atomic mass is 16.5. The molecule has 7 nitrogen and oxygen atoms in total. The molecule has 0 spiro atoms. The first kappa shape index (κ1) is 15.9. The fourth-order valence-electron chi connectivity index (χ4n) is 1.43. The summed E-state index contributed by atoms with van der Waals surface area (Å²) in [6.07, 6.45) is 0. The lowest BCUT2D eigenvalue weighted by Gasteiger charge is -2.19. The number of carbonyl (C=O) groups is 1. The van der Waals surface area contributed by atoms with Crippen molar-refractivity contribution in [3.63, 3.8) is 0 Å². The Balaban J connectivity index is 3.00. The van der Waals surface area contributed by atoms with Crippen molar-refractivity contribution in [2.45, 2.75) is 12.5 Å². The molecule has 1 aromatic carbocycles. The van der Waals surface area contributed by atoms with Gasteiger partial charge in [0.15, 0.2) is 17.1 Å². The average Bonchev–Trinajstić information content (AvgIpc) is 2.43. The number of methoxy groups -OCH3 is 3. The lowest BCUT2D eigenvalue weighted by Crippen LogP contribution is -2.41. The minimum absolute atomic E-state index is 0.293. The van der Waals surface area contributed by atoms with Gasteiger partial charge in [0.1, 0.15) is 12.4 Å². The Morgan fingerprint density at radius 2 is 1.65 bits per heavy atom. The molecule has 0 aliphatic heterocycles. The smallest absolute Gasteiger partial charge is 0.339 e. The van der Waals surface area contributed by atoms with Crippen molar-refractivity contribution in [2.24, 2.45) is 0 Å². The number of hydrogen-bond acceptors (Lipinski definition) is 6. The van der Waals surface area contributed by atoms with Crippen molar-refractivity contribution in [1.29, 1.82) is 0 Å². The summed E-state index contributed by atoms with van der Waals surface area (Å²) in [4.78, 5) is 10.8. The van der Waals surface area contributed by atoms with Crippen LogP contribution in [0.3, 0.4) is 0 Å². The van der Waals surface area contributed by atoms with Gasteiger partial charge in [0, 0.05) is 12.1 Å². The summed E-state index contributed by atoms with van der Waals surface area (Å²) in [6.45, 7) is 0.730. The van der Waals surface area contributed by atoms with Crippen LogP contribution in [0.4, 0.5) is 0 Å². The van der Waals surface area contributed by atoms with Crippen molar-refractivity contribution in [1.82, 2.24) is 0 Å². The van der Waals surface area contributed by atoms with Crippen molar-refractivity contribution < 1.29 is 34.0 Å². The Morgan fingerprint density at radius 3 is 2.00 bits per heavy atom. The fourth-order valence-corrected chi connectivity index (χ4v) is 1.43. The fraction of sp³-hybridized carbons (Fsp3) is 0.462. The molecule has 20 heavy (non-hydrogen) atoms. The van der Waals surface area contributed by atoms with Crippen molar-refractivity contribution in [3.05, 3.63) is 12.1 Å².